The molecule has 0 atom stereocenters. The molecule has 2 aromatic carbocycles. The van der Waals surface area contributed by atoms with Gasteiger partial charge >= 0.3 is 0 Å². The second-order valence-electron chi connectivity index (χ2n) is 9.52. The average Bonchev–Trinajstić information content (AvgIpc) is 2.73. The highest BCUT2D eigenvalue weighted by molar-refractivity contribution is 6.74. The van der Waals surface area contributed by atoms with E-state index in [1.165, 1.54) is 0 Å². The van der Waals surface area contributed by atoms with E-state index in [0.717, 1.165) is 11.4 Å². The summed E-state index contributed by atoms with van der Waals surface area (Å²) in [6, 6.07) is 13.0. The number of rotatable bonds is 5. The second kappa shape index (κ2) is 9.09. The van der Waals surface area contributed by atoms with Crippen LogP contribution < -0.4 is 19.5 Å². The maximum atomic E-state index is 6.42. The summed E-state index contributed by atoms with van der Waals surface area (Å²) in [7, 11) is -0.174. The zero-order chi connectivity index (χ0) is 24.7. The van der Waals surface area contributed by atoms with Crippen LogP contribution in [0.5, 0.6) is 11.5 Å². The molecule has 0 aliphatic carbocycles. The molecule has 10 heteroatoms. The van der Waals surface area contributed by atoms with E-state index in [4.69, 9.17) is 32.4 Å². The molecule has 0 amide bonds. The Kier molecular flexibility index (Phi) is 6.50. The number of ether oxygens (including phenoxy) is 1. The van der Waals surface area contributed by atoms with Crippen molar-refractivity contribution in [2.45, 2.75) is 38.9 Å². The molecule has 3 aromatic rings. The fourth-order valence-corrected chi connectivity index (χ4v) is 4.63. The number of nitrogens with one attached hydrogen (secondary N) is 1. The van der Waals surface area contributed by atoms with Crippen molar-refractivity contribution >= 4 is 54.9 Å². The Morgan fingerprint density at radius 3 is 2.41 bits per heavy atom. The summed E-state index contributed by atoms with van der Waals surface area (Å²) in [5, 5.41) is 10.3. The molecule has 1 aliphatic rings. The molecule has 1 aromatic heterocycles. The molecule has 0 radical (unpaired) electrons. The fourth-order valence-electron chi connectivity index (χ4n) is 3.05. The lowest BCUT2D eigenvalue weighted by Gasteiger charge is -2.36. The van der Waals surface area contributed by atoms with Crippen molar-refractivity contribution in [1.29, 1.82) is 0 Å². The maximum Gasteiger partial charge on any atom is 0.250 e. The van der Waals surface area contributed by atoms with Crippen LogP contribution in [-0.2, 0) is 0 Å². The maximum absolute atomic E-state index is 6.42. The Labute approximate surface area is 210 Å². The quantitative estimate of drug-likeness (QED) is 0.365. The van der Waals surface area contributed by atoms with Gasteiger partial charge in [-0.25, -0.2) is 9.99 Å². The molecule has 7 nitrogen and oxygen atoms in total. The van der Waals surface area contributed by atoms with Crippen LogP contribution in [0.1, 0.15) is 26.3 Å². The Hall–Kier alpha value is -2.81. The number of hydrogen-bond acceptors (Lipinski definition) is 7. The van der Waals surface area contributed by atoms with Crippen LogP contribution >= 0.6 is 23.2 Å². The van der Waals surface area contributed by atoms with Crippen LogP contribution in [0.25, 0.3) is 0 Å². The molecule has 1 N–H and O–H groups in total. The zero-order valence-electron chi connectivity index (χ0n) is 20.0. The Bertz CT molecular complexity index is 1240. The van der Waals surface area contributed by atoms with Gasteiger partial charge in [0.15, 0.2) is 11.6 Å². The number of halogens is 2. The first-order chi connectivity index (χ1) is 15.9. The van der Waals surface area contributed by atoms with Crippen LogP contribution in [-0.4, -0.2) is 31.2 Å². The van der Waals surface area contributed by atoms with E-state index < -0.39 is 8.32 Å². The monoisotopic (exact) mass is 515 g/mol. The summed E-state index contributed by atoms with van der Waals surface area (Å²) < 4.78 is 12.3. The van der Waals surface area contributed by atoms with E-state index in [2.05, 4.69) is 54.3 Å². The van der Waals surface area contributed by atoms with Crippen molar-refractivity contribution in [1.82, 2.24) is 9.97 Å². The Balaban J connectivity index is 1.55. The van der Waals surface area contributed by atoms with Gasteiger partial charge in [0, 0.05) is 18.8 Å². The van der Waals surface area contributed by atoms with Crippen molar-refractivity contribution in [2.75, 3.05) is 17.4 Å². The van der Waals surface area contributed by atoms with Gasteiger partial charge in [0.25, 0.3) is 0 Å². The number of aromatic nitrogens is 2. The normalized spacial score (nSPS) is 13.6. The number of nitrogens with zero attached hydrogens (tertiary/aromatic N) is 4. The molecule has 178 valence electrons. The van der Waals surface area contributed by atoms with Gasteiger partial charge in [0.1, 0.15) is 5.75 Å². The van der Waals surface area contributed by atoms with Gasteiger partial charge in [-0.3, -0.25) is 0 Å². The van der Waals surface area contributed by atoms with Gasteiger partial charge in [-0.1, -0.05) is 56.1 Å². The number of hydrazone groups is 1. The van der Waals surface area contributed by atoms with Crippen LogP contribution in [0.15, 0.2) is 53.8 Å². The second-order valence-corrected chi connectivity index (χ2v) is 15.1. The van der Waals surface area contributed by atoms with Gasteiger partial charge in [-0.05, 0) is 42.4 Å². The molecule has 2 heterocycles. The number of anilines is 3. The van der Waals surface area contributed by atoms with E-state index in [1.807, 2.05) is 24.3 Å². The molecule has 0 spiro atoms. The molecule has 1 aliphatic heterocycles. The third-order valence-corrected chi connectivity index (χ3v) is 10.9. The van der Waals surface area contributed by atoms with Gasteiger partial charge in [0.05, 0.1) is 21.8 Å². The minimum atomic E-state index is -1.95. The summed E-state index contributed by atoms with van der Waals surface area (Å²) in [5.74, 6) is 2.47. The minimum absolute atomic E-state index is 0.107. The molecule has 34 heavy (non-hydrogen) atoms. The third-order valence-electron chi connectivity index (χ3n) is 5.94. The van der Waals surface area contributed by atoms with E-state index in [1.54, 1.807) is 36.5 Å². The van der Waals surface area contributed by atoms with Crippen LogP contribution in [0, 0.1) is 0 Å². The zero-order valence-corrected chi connectivity index (χ0v) is 22.5. The largest absolute Gasteiger partial charge is 0.543 e. The van der Waals surface area contributed by atoms with Gasteiger partial charge in [-0.15, -0.1) is 5.10 Å². The van der Waals surface area contributed by atoms with E-state index in [-0.39, 0.29) is 10.9 Å². The smallest absolute Gasteiger partial charge is 0.250 e. The fraction of sp³-hybridized carbons (Fsp3) is 0.292. The molecule has 0 bridgehead atoms. The highest BCUT2D eigenvalue weighted by Gasteiger charge is 2.39. The average molecular weight is 517 g/mol. The molecule has 0 fully saturated rings. The predicted octanol–water partition coefficient (Wildman–Crippen LogP) is 7.10. The lowest BCUT2D eigenvalue weighted by atomic mass is 10.2. The van der Waals surface area contributed by atoms with Crippen LogP contribution in [0.4, 0.5) is 17.5 Å². The third kappa shape index (κ3) is 4.99. The van der Waals surface area contributed by atoms with E-state index >= 15 is 0 Å². The first kappa shape index (κ1) is 24.3. The highest BCUT2D eigenvalue weighted by atomic mass is 35.5. The van der Waals surface area contributed by atoms with Crippen LogP contribution in [0.2, 0.25) is 28.2 Å². The number of benzene rings is 2. The van der Waals surface area contributed by atoms with Gasteiger partial charge in [-0.2, -0.15) is 4.98 Å². The molecule has 4 rings (SSSR count). The molecular formula is C24H27Cl2N5O2Si. The SMILES string of the molecule is CN1N=C(c2c(Cl)cccc2Cl)Oc2cnc(Nc3cccc(O[Si](C)(C)C(C)(C)C)c3)nc21. The van der Waals surface area contributed by atoms with Crippen molar-refractivity contribution in [3.63, 3.8) is 0 Å². The summed E-state index contributed by atoms with van der Waals surface area (Å²) in [6.07, 6.45) is 1.59. The van der Waals surface area contributed by atoms with Crippen molar-refractivity contribution in [2.24, 2.45) is 5.10 Å². The van der Waals surface area contributed by atoms with Crippen molar-refractivity contribution in [3.05, 3.63) is 64.3 Å². The first-order valence-electron chi connectivity index (χ1n) is 10.8. The topological polar surface area (TPSA) is 71.9 Å². The van der Waals surface area contributed by atoms with Gasteiger partial charge in [0.2, 0.25) is 20.2 Å². The first-order valence-corrected chi connectivity index (χ1v) is 14.5. The predicted molar refractivity (Wildman–Crippen MR) is 142 cm³/mol. The highest BCUT2D eigenvalue weighted by Crippen LogP contribution is 2.38. The minimum Gasteiger partial charge on any atom is -0.543 e. The molecule has 0 saturated heterocycles. The Morgan fingerprint density at radius 1 is 1.06 bits per heavy atom. The molecule has 0 saturated carbocycles. The summed E-state index contributed by atoms with van der Waals surface area (Å²) in [5.41, 5.74) is 1.34. The standard InChI is InChI=1S/C24H27Cl2N5O2Si/c1-24(2,3)34(5,6)33-16-10-7-9-15(13-16)28-23-27-14-19-21(29-23)31(4)30-22(32-19)20-17(25)11-8-12-18(20)26/h7-14H,1-6H3,(H,27,28,29). The van der Waals surface area contributed by atoms with Crippen molar-refractivity contribution in [3.8, 4) is 11.5 Å². The Morgan fingerprint density at radius 2 is 1.74 bits per heavy atom. The number of hydrogen-bond donors (Lipinski definition) is 1. The number of fused-ring (bicyclic) bond motifs is 1. The summed E-state index contributed by atoms with van der Waals surface area (Å²) in [4.78, 5) is 8.99. The summed E-state index contributed by atoms with van der Waals surface area (Å²) >= 11 is 12.6. The van der Waals surface area contributed by atoms with Gasteiger partial charge < -0.3 is 14.5 Å². The van der Waals surface area contributed by atoms with Crippen molar-refractivity contribution < 1.29 is 9.16 Å². The summed E-state index contributed by atoms with van der Waals surface area (Å²) in [6.45, 7) is 11.1. The lowest BCUT2D eigenvalue weighted by molar-refractivity contribution is 0.492. The molecular weight excluding hydrogens is 489 g/mol. The lowest BCUT2D eigenvalue weighted by Crippen LogP contribution is -2.43. The van der Waals surface area contributed by atoms with E-state index in [0.29, 0.717) is 33.1 Å². The molecule has 0 unspecified atom stereocenters. The van der Waals surface area contributed by atoms with E-state index in [9.17, 15) is 0 Å². The van der Waals surface area contributed by atoms with Crippen LogP contribution in [0.3, 0.4) is 0 Å².